The van der Waals surface area contributed by atoms with Gasteiger partial charge < -0.3 is 15.2 Å². The van der Waals surface area contributed by atoms with Gasteiger partial charge in [0, 0.05) is 5.56 Å². The Morgan fingerprint density at radius 2 is 1.90 bits per heavy atom. The van der Waals surface area contributed by atoms with E-state index in [9.17, 15) is 9.90 Å². The molecule has 0 bridgehead atoms. The summed E-state index contributed by atoms with van der Waals surface area (Å²) in [5.74, 6) is -0.188. The van der Waals surface area contributed by atoms with E-state index in [1.807, 2.05) is 0 Å². The smallest absolute Gasteiger partial charge is 0.255 e. The van der Waals surface area contributed by atoms with Crippen molar-refractivity contribution in [2.45, 2.75) is 0 Å². The molecule has 0 fully saturated rings. The van der Waals surface area contributed by atoms with Crippen LogP contribution < -0.4 is 10.1 Å². The van der Waals surface area contributed by atoms with Crippen molar-refractivity contribution >= 4 is 46.4 Å². The van der Waals surface area contributed by atoms with Crippen LogP contribution in [0.5, 0.6) is 11.5 Å². The fourth-order valence-corrected chi connectivity index (χ4v) is 2.28. The third kappa shape index (κ3) is 3.35. The first kappa shape index (κ1) is 15.8. The number of carbonyl (C=O) groups excluding carboxylic acids is 1. The van der Waals surface area contributed by atoms with E-state index in [1.54, 1.807) is 24.3 Å². The molecule has 0 aliphatic carbocycles. The number of hydrogen-bond acceptors (Lipinski definition) is 3. The van der Waals surface area contributed by atoms with Crippen molar-refractivity contribution in [2.24, 2.45) is 0 Å². The van der Waals surface area contributed by atoms with E-state index in [2.05, 4.69) is 5.32 Å². The summed E-state index contributed by atoms with van der Waals surface area (Å²) in [5.41, 5.74) is 0.586. The van der Waals surface area contributed by atoms with Crippen molar-refractivity contribution in [1.82, 2.24) is 0 Å². The number of hydrogen-bond donors (Lipinski definition) is 2. The lowest BCUT2D eigenvalue weighted by atomic mass is 10.2. The summed E-state index contributed by atoms with van der Waals surface area (Å²) in [6, 6.07) is 7.93. The van der Waals surface area contributed by atoms with Crippen LogP contribution in [0.1, 0.15) is 10.4 Å². The van der Waals surface area contributed by atoms with E-state index in [1.165, 1.54) is 13.2 Å². The molecule has 2 N–H and O–H groups in total. The quantitative estimate of drug-likeness (QED) is 0.630. The molecular formula is C14H10Cl3NO3. The second-order valence-corrected chi connectivity index (χ2v) is 5.23. The largest absolute Gasteiger partial charge is 0.505 e. The molecule has 7 heteroatoms. The lowest BCUT2D eigenvalue weighted by Crippen LogP contribution is -2.12. The number of halogens is 3. The Balaban J connectivity index is 2.31. The molecule has 2 rings (SSSR count). The number of methoxy groups -OCH3 is 1. The van der Waals surface area contributed by atoms with Crippen molar-refractivity contribution in [2.75, 3.05) is 12.4 Å². The van der Waals surface area contributed by atoms with Gasteiger partial charge in [-0.3, -0.25) is 4.79 Å². The van der Waals surface area contributed by atoms with Gasteiger partial charge >= 0.3 is 0 Å². The molecule has 110 valence electrons. The zero-order valence-corrected chi connectivity index (χ0v) is 13.1. The van der Waals surface area contributed by atoms with Crippen molar-refractivity contribution in [3.05, 3.63) is 51.0 Å². The highest BCUT2D eigenvalue weighted by molar-refractivity contribution is 6.46. The van der Waals surface area contributed by atoms with Crippen LogP contribution in [0.4, 0.5) is 5.69 Å². The number of anilines is 1. The first-order chi connectivity index (χ1) is 9.93. The maximum atomic E-state index is 12.2. The van der Waals surface area contributed by atoms with Crippen molar-refractivity contribution < 1.29 is 14.6 Å². The van der Waals surface area contributed by atoms with E-state index < -0.39 is 5.91 Å². The molecular weight excluding hydrogens is 337 g/mol. The Morgan fingerprint density at radius 3 is 2.57 bits per heavy atom. The predicted octanol–water partition coefficient (Wildman–Crippen LogP) is 4.61. The van der Waals surface area contributed by atoms with E-state index >= 15 is 0 Å². The Morgan fingerprint density at radius 1 is 1.19 bits per heavy atom. The minimum atomic E-state index is -0.409. The Bertz CT molecular complexity index is 704. The second kappa shape index (κ2) is 6.43. The average molecular weight is 347 g/mol. The van der Waals surface area contributed by atoms with Crippen LogP contribution in [-0.4, -0.2) is 18.1 Å². The molecule has 0 atom stereocenters. The van der Waals surface area contributed by atoms with Crippen LogP contribution in [0.2, 0.25) is 15.1 Å². The highest BCUT2D eigenvalue weighted by Crippen LogP contribution is 2.42. The topological polar surface area (TPSA) is 58.6 Å². The molecule has 2 aromatic carbocycles. The minimum Gasteiger partial charge on any atom is -0.505 e. The maximum Gasteiger partial charge on any atom is 0.255 e. The third-order valence-electron chi connectivity index (χ3n) is 2.71. The molecule has 0 heterocycles. The molecule has 0 aliphatic rings. The molecule has 4 nitrogen and oxygen atoms in total. The van der Waals surface area contributed by atoms with Gasteiger partial charge in [-0.05, 0) is 24.3 Å². The number of nitrogens with one attached hydrogen (secondary N) is 1. The summed E-state index contributed by atoms with van der Waals surface area (Å²) in [6.45, 7) is 0. The van der Waals surface area contributed by atoms with Gasteiger partial charge in [-0.25, -0.2) is 0 Å². The normalized spacial score (nSPS) is 10.3. The highest BCUT2D eigenvalue weighted by Gasteiger charge is 2.16. The lowest BCUT2D eigenvalue weighted by Gasteiger charge is -2.11. The van der Waals surface area contributed by atoms with E-state index in [0.717, 1.165) is 0 Å². The third-order valence-corrected chi connectivity index (χ3v) is 3.86. The Hall–Kier alpha value is -1.62. The lowest BCUT2D eigenvalue weighted by molar-refractivity contribution is 0.102. The zero-order chi connectivity index (χ0) is 15.6. The van der Waals surface area contributed by atoms with Gasteiger partial charge in [0.15, 0.2) is 5.75 Å². The summed E-state index contributed by atoms with van der Waals surface area (Å²) in [7, 11) is 1.51. The van der Waals surface area contributed by atoms with Crippen LogP contribution in [0.3, 0.4) is 0 Å². The maximum absolute atomic E-state index is 12.2. The summed E-state index contributed by atoms with van der Waals surface area (Å²) < 4.78 is 5.05. The molecule has 0 aromatic heterocycles. The van der Waals surface area contributed by atoms with Gasteiger partial charge in [0.1, 0.15) is 10.8 Å². The predicted molar refractivity (Wildman–Crippen MR) is 84.1 cm³/mol. The van der Waals surface area contributed by atoms with Crippen LogP contribution in [0, 0.1) is 0 Å². The molecule has 0 unspecified atom stereocenters. The van der Waals surface area contributed by atoms with Crippen LogP contribution >= 0.6 is 34.8 Å². The molecule has 0 saturated carbocycles. The number of aromatic hydroxyl groups is 1. The molecule has 21 heavy (non-hydrogen) atoms. The van der Waals surface area contributed by atoms with Gasteiger partial charge in [-0.15, -0.1) is 0 Å². The highest BCUT2D eigenvalue weighted by atomic mass is 35.5. The van der Waals surface area contributed by atoms with E-state index in [0.29, 0.717) is 11.3 Å². The van der Waals surface area contributed by atoms with Gasteiger partial charge in [-0.2, -0.15) is 0 Å². The molecule has 0 spiro atoms. The fourth-order valence-electron chi connectivity index (χ4n) is 1.64. The number of phenolic OH excluding ortho intramolecular Hbond substituents is 1. The number of phenols is 1. The number of ether oxygens (including phenoxy) is 1. The van der Waals surface area contributed by atoms with Gasteiger partial charge in [0.05, 0.1) is 22.8 Å². The molecule has 0 aliphatic heterocycles. The monoisotopic (exact) mass is 345 g/mol. The molecule has 0 radical (unpaired) electrons. The summed E-state index contributed by atoms with van der Waals surface area (Å²) in [4.78, 5) is 12.2. The fraction of sp³-hybridized carbons (Fsp3) is 0.0714. The number of amides is 1. The number of carbonyl (C=O) groups is 1. The number of benzene rings is 2. The zero-order valence-electron chi connectivity index (χ0n) is 10.8. The molecule has 0 saturated heterocycles. The average Bonchev–Trinajstić information content (AvgIpc) is 2.50. The van der Waals surface area contributed by atoms with Crippen molar-refractivity contribution in [3.63, 3.8) is 0 Å². The summed E-state index contributed by atoms with van der Waals surface area (Å²) >= 11 is 17.6. The molecule has 2 aromatic rings. The summed E-state index contributed by atoms with van der Waals surface area (Å²) in [6.07, 6.45) is 0. The van der Waals surface area contributed by atoms with Crippen molar-refractivity contribution in [1.29, 1.82) is 0 Å². The van der Waals surface area contributed by atoms with Gasteiger partial charge in [-0.1, -0.05) is 40.9 Å². The number of rotatable bonds is 3. The minimum absolute atomic E-state index is 0.00894. The Kier molecular flexibility index (Phi) is 4.83. The van der Waals surface area contributed by atoms with Crippen LogP contribution in [0.25, 0.3) is 0 Å². The van der Waals surface area contributed by atoms with Crippen LogP contribution in [0.15, 0.2) is 30.3 Å². The molecule has 1 amide bonds. The standard InChI is InChI=1S/C14H10Cl3NO3/c1-21-8-4-2-3-7(5-8)14(20)18-10-6-9(15)13(19)12(17)11(10)16/h2-6,19H,1H3,(H,18,20). The van der Waals surface area contributed by atoms with E-state index in [-0.39, 0.29) is 26.5 Å². The second-order valence-electron chi connectivity index (χ2n) is 4.07. The van der Waals surface area contributed by atoms with Crippen molar-refractivity contribution in [3.8, 4) is 11.5 Å². The first-order valence-corrected chi connectivity index (χ1v) is 6.89. The van der Waals surface area contributed by atoms with Gasteiger partial charge in [0.2, 0.25) is 0 Å². The SMILES string of the molecule is COc1cccc(C(=O)Nc2cc(Cl)c(O)c(Cl)c2Cl)c1. The van der Waals surface area contributed by atoms with Gasteiger partial charge in [0.25, 0.3) is 5.91 Å². The summed E-state index contributed by atoms with van der Waals surface area (Å²) in [5, 5.41) is 12.0. The van der Waals surface area contributed by atoms with E-state index in [4.69, 9.17) is 39.5 Å². The van der Waals surface area contributed by atoms with Crippen LogP contribution in [-0.2, 0) is 0 Å². The Labute approximate surface area is 136 Å². The first-order valence-electron chi connectivity index (χ1n) is 5.76.